The van der Waals surface area contributed by atoms with Crippen molar-refractivity contribution in [1.29, 1.82) is 0 Å². The summed E-state index contributed by atoms with van der Waals surface area (Å²) in [6, 6.07) is 4.09. The van der Waals surface area contributed by atoms with Crippen molar-refractivity contribution < 1.29 is 27.8 Å². The lowest BCUT2D eigenvalue weighted by Gasteiger charge is -2.12. The SMILES string of the molecule is O=C(O)c1cc(Oc2cncc(Br)c2)ccc1C(F)(F)F. The zero-order valence-corrected chi connectivity index (χ0v) is 11.8. The summed E-state index contributed by atoms with van der Waals surface area (Å²) in [5.41, 5.74) is -2.10. The van der Waals surface area contributed by atoms with Gasteiger partial charge in [0.15, 0.2) is 0 Å². The van der Waals surface area contributed by atoms with Gasteiger partial charge >= 0.3 is 12.1 Å². The number of nitrogens with zero attached hydrogens (tertiary/aromatic N) is 1. The van der Waals surface area contributed by atoms with Crippen molar-refractivity contribution in [1.82, 2.24) is 4.98 Å². The van der Waals surface area contributed by atoms with E-state index in [0.29, 0.717) is 10.5 Å². The Morgan fingerprint density at radius 1 is 1.19 bits per heavy atom. The van der Waals surface area contributed by atoms with Crippen LogP contribution in [0.3, 0.4) is 0 Å². The number of aromatic carboxylic acids is 1. The molecule has 0 saturated carbocycles. The zero-order valence-electron chi connectivity index (χ0n) is 10.2. The van der Waals surface area contributed by atoms with Gasteiger partial charge in [0.1, 0.15) is 11.5 Å². The summed E-state index contributed by atoms with van der Waals surface area (Å²) < 4.78 is 44.0. The Kier molecular flexibility index (Phi) is 4.17. The number of carbonyl (C=O) groups is 1. The lowest BCUT2D eigenvalue weighted by atomic mass is 10.1. The molecule has 1 aromatic carbocycles. The number of aromatic nitrogens is 1. The third-order valence-electron chi connectivity index (χ3n) is 2.44. The molecular weight excluding hydrogens is 355 g/mol. The topological polar surface area (TPSA) is 59.4 Å². The van der Waals surface area contributed by atoms with Gasteiger partial charge in [0.05, 0.1) is 17.3 Å². The average Bonchev–Trinajstić information content (AvgIpc) is 2.37. The molecule has 0 spiro atoms. The molecule has 0 unspecified atom stereocenters. The number of benzene rings is 1. The molecule has 0 atom stereocenters. The third kappa shape index (κ3) is 3.72. The average molecular weight is 362 g/mol. The summed E-state index contributed by atoms with van der Waals surface area (Å²) >= 11 is 3.17. The first-order chi connectivity index (χ1) is 9.77. The van der Waals surface area contributed by atoms with E-state index >= 15 is 0 Å². The van der Waals surface area contributed by atoms with Crippen LogP contribution in [0, 0.1) is 0 Å². The number of rotatable bonds is 3. The Bertz CT molecular complexity index is 689. The van der Waals surface area contributed by atoms with E-state index in [1.807, 2.05) is 0 Å². The lowest BCUT2D eigenvalue weighted by Crippen LogP contribution is -2.12. The van der Waals surface area contributed by atoms with E-state index in [9.17, 15) is 18.0 Å². The van der Waals surface area contributed by atoms with Crippen LogP contribution < -0.4 is 4.74 Å². The molecule has 8 heteroatoms. The van der Waals surface area contributed by atoms with E-state index in [4.69, 9.17) is 9.84 Å². The molecule has 0 aliphatic rings. The molecule has 21 heavy (non-hydrogen) atoms. The Morgan fingerprint density at radius 3 is 2.48 bits per heavy atom. The predicted molar refractivity (Wildman–Crippen MR) is 70.4 cm³/mol. The standard InChI is InChI=1S/C13H7BrF3NO3/c14-7-3-9(6-18-5-7)21-8-1-2-11(13(15,16)17)10(4-8)12(19)20/h1-6H,(H,19,20). The maximum Gasteiger partial charge on any atom is 0.417 e. The number of carboxylic acid groups (broad SMARTS) is 1. The Morgan fingerprint density at radius 2 is 1.90 bits per heavy atom. The molecule has 2 rings (SSSR count). The fourth-order valence-electron chi connectivity index (χ4n) is 1.60. The number of hydrogen-bond donors (Lipinski definition) is 1. The minimum absolute atomic E-state index is 0.0275. The molecule has 1 heterocycles. The predicted octanol–water partition coefficient (Wildman–Crippen LogP) is 4.35. The Balaban J connectivity index is 2.39. The van der Waals surface area contributed by atoms with Crippen LogP contribution in [0.1, 0.15) is 15.9 Å². The summed E-state index contributed by atoms with van der Waals surface area (Å²) in [6.45, 7) is 0. The highest BCUT2D eigenvalue weighted by molar-refractivity contribution is 9.10. The van der Waals surface area contributed by atoms with E-state index < -0.39 is 23.3 Å². The number of hydrogen-bond acceptors (Lipinski definition) is 3. The summed E-state index contributed by atoms with van der Waals surface area (Å²) in [4.78, 5) is 14.8. The number of pyridine rings is 1. The van der Waals surface area contributed by atoms with Crippen molar-refractivity contribution in [2.45, 2.75) is 6.18 Å². The number of halogens is 4. The Hall–Kier alpha value is -2.09. The summed E-state index contributed by atoms with van der Waals surface area (Å²) in [5, 5.41) is 8.89. The van der Waals surface area contributed by atoms with Gasteiger partial charge in [0.25, 0.3) is 0 Å². The second kappa shape index (κ2) is 5.72. The van der Waals surface area contributed by atoms with Crippen LogP contribution in [0.15, 0.2) is 41.1 Å². The van der Waals surface area contributed by atoms with Crippen molar-refractivity contribution >= 4 is 21.9 Å². The minimum Gasteiger partial charge on any atom is -0.478 e. The van der Waals surface area contributed by atoms with Gasteiger partial charge in [0.2, 0.25) is 0 Å². The molecule has 0 radical (unpaired) electrons. The molecule has 1 aromatic heterocycles. The van der Waals surface area contributed by atoms with Crippen LogP contribution in [-0.2, 0) is 6.18 Å². The van der Waals surface area contributed by atoms with Crippen molar-refractivity contribution in [3.63, 3.8) is 0 Å². The first-order valence-corrected chi connectivity index (χ1v) is 6.29. The molecule has 1 N–H and O–H groups in total. The van der Waals surface area contributed by atoms with E-state index in [0.717, 1.165) is 12.1 Å². The van der Waals surface area contributed by atoms with Gasteiger partial charge in [-0.3, -0.25) is 4.98 Å². The van der Waals surface area contributed by atoms with Crippen molar-refractivity contribution in [2.24, 2.45) is 0 Å². The second-order valence-corrected chi connectivity index (χ2v) is 4.87. The van der Waals surface area contributed by atoms with Gasteiger partial charge in [-0.2, -0.15) is 13.2 Å². The van der Waals surface area contributed by atoms with Crippen molar-refractivity contribution in [3.05, 3.63) is 52.3 Å². The van der Waals surface area contributed by atoms with Gasteiger partial charge in [-0.25, -0.2) is 4.79 Å². The number of carboxylic acids is 1. The molecular formula is C13H7BrF3NO3. The summed E-state index contributed by atoms with van der Waals surface area (Å²) in [5.74, 6) is -1.44. The third-order valence-corrected chi connectivity index (χ3v) is 2.88. The summed E-state index contributed by atoms with van der Waals surface area (Å²) in [7, 11) is 0. The smallest absolute Gasteiger partial charge is 0.417 e. The van der Waals surface area contributed by atoms with E-state index in [1.54, 1.807) is 6.07 Å². The van der Waals surface area contributed by atoms with Crippen molar-refractivity contribution in [3.8, 4) is 11.5 Å². The summed E-state index contributed by atoms with van der Waals surface area (Å²) in [6.07, 6.45) is -1.89. The van der Waals surface area contributed by atoms with Crippen LogP contribution in [-0.4, -0.2) is 16.1 Å². The second-order valence-electron chi connectivity index (χ2n) is 3.95. The number of alkyl halides is 3. The van der Waals surface area contributed by atoms with Crippen LogP contribution in [0.2, 0.25) is 0 Å². The molecule has 4 nitrogen and oxygen atoms in total. The molecule has 0 amide bonds. The quantitative estimate of drug-likeness (QED) is 0.882. The van der Waals surface area contributed by atoms with Crippen LogP contribution >= 0.6 is 15.9 Å². The first kappa shape index (κ1) is 15.3. The maximum absolute atomic E-state index is 12.7. The van der Waals surface area contributed by atoms with Crippen LogP contribution in [0.25, 0.3) is 0 Å². The molecule has 0 saturated heterocycles. The lowest BCUT2D eigenvalue weighted by molar-refractivity contribution is -0.138. The highest BCUT2D eigenvalue weighted by atomic mass is 79.9. The van der Waals surface area contributed by atoms with E-state index in [1.165, 1.54) is 12.4 Å². The normalized spacial score (nSPS) is 11.2. The Labute approximate surface area is 125 Å². The molecule has 0 aliphatic heterocycles. The highest BCUT2D eigenvalue weighted by Gasteiger charge is 2.35. The van der Waals surface area contributed by atoms with Gasteiger partial charge in [-0.05, 0) is 40.2 Å². The monoisotopic (exact) mass is 361 g/mol. The van der Waals surface area contributed by atoms with Crippen LogP contribution in [0.4, 0.5) is 13.2 Å². The van der Waals surface area contributed by atoms with Crippen LogP contribution in [0.5, 0.6) is 11.5 Å². The molecule has 110 valence electrons. The molecule has 0 bridgehead atoms. The zero-order chi connectivity index (χ0) is 15.6. The first-order valence-electron chi connectivity index (χ1n) is 5.50. The fraction of sp³-hybridized carbons (Fsp3) is 0.0769. The largest absolute Gasteiger partial charge is 0.478 e. The maximum atomic E-state index is 12.7. The minimum atomic E-state index is -4.75. The molecule has 0 aliphatic carbocycles. The van der Waals surface area contributed by atoms with E-state index in [-0.39, 0.29) is 11.5 Å². The van der Waals surface area contributed by atoms with E-state index in [2.05, 4.69) is 20.9 Å². The number of ether oxygens (including phenoxy) is 1. The molecule has 0 fully saturated rings. The van der Waals surface area contributed by atoms with Gasteiger partial charge in [-0.15, -0.1) is 0 Å². The van der Waals surface area contributed by atoms with Gasteiger partial charge in [-0.1, -0.05) is 0 Å². The van der Waals surface area contributed by atoms with Gasteiger partial charge < -0.3 is 9.84 Å². The highest BCUT2D eigenvalue weighted by Crippen LogP contribution is 2.35. The van der Waals surface area contributed by atoms with Crippen molar-refractivity contribution in [2.75, 3.05) is 0 Å². The fourth-order valence-corrected chi connectivity index (χ4v) is 1.94. The molecule has 2 aromatic rings. The van der Waals surface area contributed by atoms with Gasteiger partial charge in [0, 0.05) is 10.7 Å².